The molecule has 1 fully saturated rings. The van der Waals surface area contributed by atoms with Crippen molar-refractivity contribution in [3.63, 3.8) is 0 Å². The molecule has 0 saturated heterocycles. The Morgan fingerprint density at radius 1 is 1.50 bits per heavy atom. The van der Waals surface area contributed by atoms with Crippen molar-refractivity contribution >= 4 is 8.96 Å². The number of aliphatic hydroxyl groups is 1. The molecule has 3 unspecified atom stereocenters. The van der Waals surface area contributed by atoms with Gasteiger partial charge in [-0.25, -0.2) is 0 Å². The predicted octanol–water partition coefficient (Wildman–Crippen LogP) is 1.89. The van der Waals surface area contributed by atoms with E-state index in [2.05, 4.69) is 6.92 Å². The van der Waals surface area contributed by atoms with Gasteiger partial charge in [-0.1, -0.05) is 6.92 Å². The molecule has 0 spiro atoms. The van der Waals surface area contributed by atoms with E-state index in [1.54, 1.807) is 0 Å². The zero-order valence-corrected chi connectivity index (χ0v) is 8.79. The molecule has 0 amide bonds. The van der Waals surface area contributed by atoms with Gasteiger partial charge in [-0.3, -0.25) is 0 Å². The van der Waals surface area contributed by atoms with Crippen LogP contribution in [0.2, 0.25) is 6.04 Å². The first-order valence-electron chi connectivity index (χ1n) is 4.85. The van der Waals surface area contributed by atoms with Crippen LogP contribution in [-0.4, -0.2) is 20.2 Å². The van der Waals surface area contributed by atoms with E-state index in [9.17, 15) is 5.11 Å². The van der Waals surface area contributed by atoms with E-state index in [-0.39, 0.29) is 6.10 Å². The van der Waals surface area contributed by atoms with Crippen LogP contribution in [0.4, 0.5) is 0 Å². The molecule has 0 aromatic carbocycles. The Bertz CT molecular complexity index is 173. The summed E-state index contributed by atoms with van der Waals surface area (Å²) >= 11 is 0. The third-order valence-corrected chi connectivity index (χ3v) is 3.54. The van der Waals surface area contributed by atoms with E-state index in [1.807, 2.05) is 0 Å². The van der Waals surface area contributed by atoms with E-state index in [0.717, 1.165) is 18.4 Å². The fourth-order valence-electron chi connectivity index (χ4n) is 1.93. The minimum absolute atomic E-state index is 0.0511. The van der Waals surface area contributed by atoms with Crippen molar-refractivity contribution in [3.8, 4) is 6.00 Å². The Hall–Kier alpha value is -0.0431. The Morgan fingerprint density at radius 2 is 2.25 bits per heavy atom. The van der Waals surface area contributed by atoms with Crippen molar-refractivity contribution in [3.05, 3.63) is 0 Å². The van der Waals surface area contributed by atoms with Crippen LogP contribution in [0.3, 0.4) is 0 Å². The average Bonchev–Trinajstić information content (AvgIpc) is 2.07. The lowest BCUT2D eigenvalue weighted by Crippen LogP contribution is -2.27. The van der Waals surface area contributed by atoms with Crippen LogP contribution in [0, 0.1) is 17.8 Å². The van der Waals surface area contributed by atoms with E-state index in [0.29, 0.717) is 14.9 Å². The molecule has 0 aliphatic heterocycles. The maximum Gasteiger partial charge on any atom is 0.0568 e. The fraction of sp³-hybridized carbons (Fsp3) is 0.900. The lowest BCUT2D eigenvalue weighted by molar-refractivity contribution is 0.0524. The molecule has 12 heavy (non-hydrogen) atoms. The molecule has 0 heterocycles. The van der Waals surface area contributed by atoms with Crippen LogP contribution >= 0.6 is 0 Å². The van der Waals surface area contributed by atoms with Crippen molar-refractivity contribution in [2.24, 2.45) is 11.8 Å². The minimum Gasteiger partial charge on any atom is -0.393 e. The Balaban J connectivity index is 2.26. The summed E-state index contributed by atoms with van der Waals surface area (Å²) in [6.07, 6.45) is 4.66. The summed E-state index contributed by atoms with van der Waals surface area (Å²) in [5.41, 5.74) is 0. The van der Waals surface area contributed by atoms with Crippen LogP contribution < -0.4 is 0 Å². The normalized spacial score (nSPS) is 35.9. The zero-order valence-electron chi connectivity index (χ0n) is 7.79. The molecular weight excluding hydrogens is 164 g/mol. The van der Waals surface area contributed by atoms with Crippen LogP contribution in [0.5, 0.6) is 0 Å². The van der Waals surface area contributed by atoms with Crippen molar-refractivity contribution in [1.29, 1.82) is 0 Å². The molecule has 68 valence electrons. The second-order valence-corrected chi connectivity index (χ2v) is 4.87. The summed E-state index contributed by atoms with van der Waals surface area (Å²) in [5.74, 6) is 1.26. The van der Waals surface area contributed by atoms with Crippen LogP contribution in [0.1, 0.15) is 32.6 Å². The topological polar surface area (TPSA) is 20.2 Å². The van der Waals surface area contributed by atoms with Gasteiger partial charge in [0.2, 0.25) is 0 Å². The molecular formula is C10H18OSi. The molecule has 1 nitrogen and oxygen atoms in total. The van der Waals surface area contributed by atoms with Crippen molar-refractivity contribution in [1.82, 2.24) is 0 Å². The number of hydrogen-bond donors (Lipinski definition) is 1. The third-order valence-electron chi connectivity index (χ3n) is 2.96. The van der Waals surface area contributed by atoms with E-state index >= 15 is 0 Å². The van der Waals surface area contributed by atoms with Gasteiger partial charge in [0.1, 0.15) is 0 Å². The number of hydrogen-bond acceptors (Lipinski definition) is 1. The largest absolute Gasteiger partial charge is 0.393 e. The molecule has 0 bridgehead atoms. The highest BCUT2D eigenvalue weighted by Crippen LogP contribution is 2.31. The molecule has 1 saturated carbocycles. The standard InChI is InChI=1S/C10H18OSi/c1-8-3-4-9(5-6-12-2)7-10(8)11/h2,8-11H,3-7H2,1H3. The lowest BCUT2D eigenvalue weighted by atomic mass is 9.80. The molecule has 2 heteroatoms. The summed E-state index contributed by atoms with van der Waals surface area (Å²) in [6, 6.07) is 6.62. The van der Waals surface area contributed by atoms with Gasteiger partial charge >= 0.3 is 0 Å². The highest BCUT2D eigenvalue weighted by molar-refractivity contribution is 6.21. The zero-order chi connectivity index (χ0) is 8.97. The highest BCUT2D eigenvalue weighted by Gasteiger charge is 2.25. The van der Waals surface area contributed by atoms with Crippen LogP contribution in [-0.2, 0) is 0 Å². The SMILES string of the molecule is C#[Si]CCC1CCC(C)C(O)C1. The molecule has 1 rings (SSSR count). The van der Waals surface area contributed by atoms with Crippen molar-refractivity contribution in [2.45, 2.75) is 44.8 Å². The maximum absolute atomic E-state index is 9.62. The van der Waals surface area contributed by atoms with E-state index in [1.165, 1.54) is 19.3 Å². The van der Waals surface area contributed by atoms with Gasteiger partial charge in [-0.2, -0.15) is 6.00 Å². The minimum atomic E-state index is -0.0511. The van der Waals surface area contributed by atoms with Gasteiger partial charge in [-0.05, 0) is 52.5 Å². The first kappa shape index (κ1) is 10.0. The molecule has 0 radical (unpaired) electrons. The summed E-state index contributed by atoms with van der Waals surface area (Å²) in [4.78, 5) is 0. The molecule has 0 aromatic heterocycles. The summed E-state index contributed by atoms with van der Waals surface area (Å²) < 4.78 is 0. The molecule has 1 N–H and O–H groups in total. The summed E-state index contributed by atoms with van der Waals surface area (Å²) in [5, 5.41) is 9.62. The van der Waals surface area contributed by atoms with Gasteiger partial charge < -0.3 is 5.11 Å². The van der Waals surface area contributed by atoms with Gasteiger partial charge in [0.05, 0.1) is 6.10 Å². The van der Waals surface area contributed by atoms with E-state index in [4.69, 9.17) is 6.00 Å². The first-order chi connectivity index (χ1) is 5.74. The van der Waals surface area contributed by atoms with Crippen LogP contribution in [0.25, 0.3) is 0 Å². The maximum atomic E-state index is 9.62. The van der Waals surface area contributed by atoms with Gasteiger partial charge in [0, 0.05) is 0 Å². The monoisotopic (exact) mass is 182 g/mol. The van der Waals surface area contributed by atoms with Crippen molar-refractivity contribution in [2.75, 3.05) is 0 Å². The molecule has 0 aromatic rings. The predicted molar refractivity (Wildman–Crippen MR) is 52.6 cm³/mol. The molecule has 1 aliphatic carbocycles. The second kappa shape index (κ2) is 4.86. The Morgan fingerprint density at radius 3 is 2.83 bits per heavy atom. The lowest BCUT2D eigenvalue weighted by Gasteiger charge is -2.30. The Labute approximate surface area is 77.3 Å². The second-order valence-electron chi connectivity index (χ2n) is 3.97. The van der Waals surface area contributed by atoms with Gasteiger partial charge in [0.15, 0.2) is 0 Å². The quantitative estimate of drug-likeness (QED) is 0.647. The summed E-state index contributed by atoms with van der Waals surface area (Å²) in [6.45, 7) is 2.14. The highest BCUT2D eigenvalue weighted by atomic mass is 28.2. The first-order valence-corrected chi connectivity index (χ1v) is 6.14. The fourth-order valence-corrected chi connectivity index (χ4v) is 2.51. The molecule has 1 aliphatic rings. The smallest absolute Gasteiger partial charge is 0.0568 e. The average molecular weight is 182 g/mol. The van der Waals surface area contributed by atoms with E-state index < -0.39 is 0 Å². The summed E-state index contributed by atoms with van der Waals surface area (Å²) in [7, 11) is 0.587. The van der Waals surface area contributed by atoms with Crippen molar-refractivity contribution < 1.29 is 5.11 Å². The van der Waals surface area contributed by atoms with Gasteiger partial charge in [-0.15, -0.1) is 0 Å². The Kier molecular flexibility index (Phi) is 4.06. The molecule has 3 atom stereocenters. The van der Waals surface area contributed by atoms with Crippen LogP contribution in [0.15, 0.2) is 0 Å². The number of rotatable bonds is 2. The van der Waals surface area contributed by atoms with Gasteiger partial charge in [0.25, 0.3) is 0 Å². The third kappa shape index (κ3) is 2.78. The number of aliphatic hydroxyl groups excluding tert-OH is 1.